The molecule has 2 rings (SSSR count). The maximum atomic E-state index is 11.0. The first-order valence-electron chi connectivity index (χ1n) is 6.66. The van der Waals surface area contributed by atoms with E-state index in [1.807, 2.05) is 0 Å². The molecule has 1 unspecified atom stereocenters. The highest BCUT2D eigenvalue weighted by Crippen LogP contribution is 2.30. The van der Waals surface area contributed by atoms with Gasteiger partial charge in [0.1, 0.15) is 0 Å². The fourth-order valence-corrected chi connectivity index (χ4v) is 2.64. The van der Waals surface area contributed by atoms with Crippen molar-refractivity contribution >= 4 is 5.97 Å². The molecule has 0 aliphatic heterocycles. The van der Waals surface area contributed by atoms with Crippen LogP contribution in [-0.4, -0.2) is 26.2 Å². The average Bonchev–Trinajstić information content (AvgIpc) is 2.43. The summed E-state index contributed by atoms with van der Waals surface area (Å²) in [4.78, 5) is 11.0. The lowest BCUT2D eigenvalue weighted by Gasteiger charge is -2.25. The van der Waals surface area contributed by atoms with Gasteiger partial charge in [0, 0.05) is 13.1 Å². The lowest BCUT2D eigenvalue weighted by molar-refractivity contribution is -0.140. The van der Waals surface area contributed by atoms with E-state index in [0.717, 1.165) is 6.54 Å². The van der Waals surface area contributed by atoms with Crippen LogP contribution in [-0.2, 0) is 16.0 Å². The van der Waals surface area contributed by atoms with Crippen LogP contribution in [0.25, 0.3) is 0 Å². The highest BCUT2D eigenvalue weighted by molar-refractivity contribution is 5.69. The number of hydrogen-bond acceptors (Lipinski definition) is 3. The fourth-order valence-electron chi connectivity index (χ4n) is 2.64. The van der Waals surface area contributed by atoms with Gasteiger partial charge in [0.2, 0.25) is 0 Å². The lowest BCUT2D eigenvalue weighted by Crippen LogP contribution is -2.26. The molecule has 0 heterocycles. The maximum absolute atomic E-state index is 11.0. The zero-order chi connectivity index (χ0) is 12.8. The zero-order valence-corrected chi connectivity index (χ0v) is 10.9. The average molecular weight is 247 g/mol. The Labute approximate surface area is 109 Å². The van der Waals surface area contributed by atoms with Gasteiger partial charge in [0.25, 0.3) is 0 Å². The molecule has 1 aromatic carbocycles. The minimum absolute atomic E-state index is 0.147. The molecule has 0 spiro atoms. The van der Waals surface area contributed by atoms with Gasteiger partial charge in [-0.1, -0.05) is 24.3 Å². The molecular formula is C15H21NO2. The van der Waals surface area contributed by atoms with E-state index in [1.54, 1.807) is 0 Å². The van der Waals surface area contributed by atoms with Crippen LogP contribution in [0, 0.1) is 0 Å². The minimum atomic E-state index is -0.147. The van der Waals surface area contributed by atoms with Crippen LogP contribution in [0.1, 0.15) is 36.3 Å². The summed E-state index contributed by atoms with van der Waals surface area (Å²) in [6.45, 7) is 1.65. The van der Waals surface area contributed by atoms with Crippen molar-refractivity contribution in [3.63, 3.8) is 0 Å². The number of fused-ring (bicyclic) bond motifs is 1. The van der Waals surface area contributed by atoms with E-state index < -0.39 is 0 Å². The summed E-state index contributed by atoms with van der Waals surface area (Å²) in [5.41, 5.74) is 2.97. The molecule has 18 heavy (non-hydrogen) atoms. The van der Waals surface area contributed by atoms with Gasteiger partial charge in [0.15, 0.2) is 0 Å². The molecule has 0 bridgehead atoms. The summed E-state index contributed by atoms with van der Waals surface area (Å²) in [7, 11) is 1.43. The smallest absolute Gasteiger partial charge is 0.306 e. The van der Waals surface area contributed by atoms with Crippen molar-refractivity contribution in [1.29, 1.82) is 0 Å². The zero-order valence-electron chi connectivity index (χ0n) is 10.9. The van der Waals surface area contributed by atoms with Crippen molar-refractivity contribution in [1.82, 2.24) is 5.32 Å². The molecule has 0 saturated carbocycles. The van der Waals surface area contributed by atoms with Gasteiger partial charge in [-0.25, -0.2) is 0 Å². The quantitative estimate of drug-likeness (QED) is 0.640. The number of benzene rings is 1. The van der Waals surface area contributed by atoms with Crippen LogP contribution >= 0.6 is 0 Å². The number of methoxy groups -OCH3 is 1. The molecule has 0 aromatic heterocycles. The minimum Gasteiger partial charge on any atom is -0.469 e. The molecule has 1 N–H and O–H groups in total. The predicted molar refractivity (Wildman–Crippen MR) is 71.6 cm³/mol. The predicted octanol–water partition coefficient (Wildman–Crippen LogP) is 2.26. The Bertz CT molecular complexity index is 403. The van der Waals surface area contributed by atoms with Crippen LogP contribution < -0.4 is 5.32 Å². The van der Waals surface area contributed by atoms with Crippen molar-refractivity contribution in [3.8, 4) is 0 Å². The van der Waals surface area contributed by atoms with Gasteiger partial charge >= 0.3 is 5.97 Å². The normalized spacial score (nSPS) is 18.2. The third-order valence-electron chi connectivity index (χ3n) is 3.62. The van der Waals surface area contributed by atoms with Crippen molar-refractivity contribution in [2.45, 2.75) is 31.6 Å². The third-order valence-corrected chi connectivity index (χ3v) is 3.62. The van der Waals surface area contributed by atoms with E-state index in [0.29, 0.717) is 18.9 Å². The van der Waals surface area contributed by atoms with Gasteiger partial charge in [-0.2, -0.15) is 0 Å². The van der Waals surface area contributed by atoms with Crippen LogP contribution in [0.2, 0.25) is 0 Å². The summed E-state index contributed by atoms with van der Waals surface area (Å²) < 4.78 is 4.62. The van der Waals surface area contributed by atoms with E-state index in [4.69, 9.17) is 0 Å². The molecule has 1 aliphatic rings. The number of carbonyl (C=O) groups excluding carboxylic acids is 1. The number of esters is 1. The molecule has 1 aliphatic carbocycles. The van der Waals surface area contributed by atoms with Crippen molar-refractivity contribution in [2.24, 2.45) is 0 Å². The fraction of sp³-hybridized carbons (Fsp3) is 0.533. The van der Waals surface area contributed by atoms with Crippen LogP contribution in [0.5, 0.6) is 0 Å². The highest BCUT2D eigenvalue weighted by Gasteiger charge is 2.19. The lowest BCUT2D eigenvalue weighted by atomic mass is 9.83. The summed E-state index contributed by atoms with van der Waals surface area (Å²) in [6.07, 6.45) is 4.16. The second-order valence-corrected chi connectivity index (χ2v) is 4.82. The monoisotopic (exact) mass is 247 g/mol. The first kappa shape index (κ1) is 13.1. The van der Waals surface area contributed by atoms with E-state index in [2.05, 4.69) is 34.3 Å². The third kappa shape index (κ3) is 3.33. The van der Waals surface area contributed by atoms with Gasteiger partial charge < -0.3 is 10.1 Å². The van der Waals surface area contributed by atoms with E-state index in [-0.39, 0.29) is 5.97 Å². The number of rotatable bonds is 5. The summed E-state index contributed by atoms with van der Waals surface area (Å²) in [6, 6.07) is 8.70. The molecule has 1 aromatic rings. The second-order valence-electron chi connectivity index (χ2n) is 4.82. The van der Waals surface area contributed by atoms with Gasteiger partial charge in [-0.3, -0.25) is 4.79 Å². The first-order chi connectivity index (χ1) is 8.81. The number of aryl methyl sites for hydroxylation is 1. The number of carbonyl (C=O) groups is 1. The van der Waals surface area contributed by atoms with Crippen LogP contribution in [0.3, 0.4) is 0 Å². The van der Waals surface area contributed by atoms with E-state index >= 15 is 0 Å². The summed E-state index contributed by atoms with van der Waals surface area (Å²) >= 11 is 0. The van der Waals surface area contributed by atoms with Gasteiger partial charge in [-0.05, 0) is 36.3 Å². The number of hydrogen-bond donors (Lipinski definition) is 1. The summed E-state index contributed by atoms with van der Waals surface area (Å²) in [5.74, 6) is 0.444. The van der Waals surface area contributed by atoms with E-state index in [1.165, 1.54) is 37.5 Å². The second kappa shape index (κ2) is 6.55. The topological polar surface area (TPSA) is 38.3 Å². The molecular weight excluding hydrogens is 226 g/mol. The number of nitrogens with one attached hydrogen (secondary N) is 1. The van der Waals surface area contributed by atoms with Crippen LogP contribution in [0.15, 0.2) is 24.3 Å². The number of ether oxygens (including phenoxy) is 1. The highest BCUT2D eigenvalue weighted by atomic mass is 16.5. The van der Waals surface area contributed by atoms with E-state index in [9.17, 15) is 4.79 Å². The largest absolute Gasteiger partial charge is 0.469 e. The molecule has 0 amide bonds. The molecule has 1 atom stereocenters. The Morgan fingerprint density at radius 1 is 1.44 bits per heavy atom. The summed E-state index contributed by atoms with van der Waals surface area (Å²) in [5, 5.41) is 3.36. The Balaban J connectivity index is 1.82. The Kier molecular flexibility index (Phi) is 4.76. The molecule has 98 valence electrons. The van der Waals surface area contributed by atoms with Crippen molar-refractivity contribution < 1.29 is 9.53 Å². The Hall–Kier alpha value is -1.35. The van der Waals surface area contributed by atoms with Crippen LogP contribution in [0.4, 0.5) is 0 Å². The maximum Gasteiger partial charge on any atom is 0.306 e. The molecule has 0 saturated heterocycles. The van der Waals surface area contributed by atoms with Crippen molar-refractivity contribution in [3.05, 3.63) is 35.4 Å². The van der Waals surface area contributed by atoms with Crippen molar-refractivity contribution in [2.75, 3.05) is 20.2 Å². The Morgan fingerprint density at radius 3 is 3.11 bits per heavy atom. The SMILES string of the molecule is COC(=O)CCNCC1CCCc2ccccc21. The van der Waals surface area contributed by atoms with Gasteiger partial charge in [-0.15, -0.1) is 0 Å². The molecule has 0 radical (unpaired) electrons. The Morgan fingerprint density at radius 2 is 2.28 bits per heavy atom. The first-order valence-corrected chi connectivity index (χ1v) is 6.66. The standard InChI is InChI=1S/C15H21NO2/c1-18-15(17)9-10-16-11-13-7-4-6-12-5-2-3-8-14(12)13/h2-3,5,8,13,16H,4,6-7,9-11H2,1H3. The molecule has 0 fully saturated rings. The van der Waals surface area contributed by atoms with Gasteiger partial charge in [0.05, 0.1) is 13.5 Å². The molecule has 3 nitrogen and oxygen atoms in total. The molecule has 3 heteroatoms.